The first-order chi connectivity index (χ1) is 6.42. The van der Waals surface area contributed by atoms with Crippen LogP contribution in [0.1, 0.15) is 47.5 Å². The third-order valence-corrected chi connectivity index (χ3v) is 1.95. The Labute approximate surface area is 89.5 Å². The zero-order chi connectivity index (χ0) is 11.0. The predicted octanol–water partition coefficient (Wildman–Crippen LogP) is 4.04. The second-order valence-electron chi connectivity index (χ2n) is 5.41. The minimum absolute atomic E-state index is 0.442. The van der Waals surface area contributed by atoms with Gasteiger partial charge >= 0.3 is 0 Å². The maximum Gasteiger partial charge on any atom is 0.0647 e. The smallest absolute Gasteiger partial charge is 0.0647 e. The van der Waals surface area contributed by atoms with Crippen LogP contribution < -0.4 is 0 Å². The molecule has 0 fully saturated rings. The maximum absolute atomic E-state index is 5.49. The van der Waals surface area contributed by atoms with Gasteiger partial charge in [0.2, 0.25) is 0 Å². The topological polar surface area (TPSA) is 9.23 Å². The molecule has 0 aliphatic carbocycles. The van der Waals surface area contributed by atoms with E-state index >= 15 is 0 Å². The monoisotopic (exact) mass is 198 g/mol. The van der Waals surface area contributed by atoms with E-state index in [1.54, 1.807) is 0 Å². The lowest BCUT2D eigenvalue weighted by Crippen LogP contribution is -2.06. The molecule has 0 aromatic carbocycles. The van der Waals surface area contributed by atoms with E-state index in [0.717, 1.165) is 13.2 Å². The molecule has 0 N–H and O–H groups in total. The summed E-state index contributed by atoms with van der Waals surface area (Å²) >= 11 is 0. The van der Waals surface area contributed by atoms with Crippen LogP contribution in [0.25, 0.3) is 0 Å². The molecule has 0 aliphatic heterocycles. The quantitative estimate of drug-likeness (QED) is 0.462. The summed E-state index contributed by atoms with van der Waals surface area (Å²) in [4.78, 5) is 0. The molecule has 0 amide bonds. The van der Waals surface area contributed by atoms with E-state index in [2.05, 4.69) is 46.8 Å². The van der Waals surface area contributed by atoms with Crippen molar-refractivity contribution in [1.82, 2.24) is 0 Å². The fourth-order valence-corrected chi connectivity index (χ4v) is 1.18. The fraction of sp³-hybridized carbons (Fsp3) is 0.846. The molecule has 1 nitrogen and oxygen atoms in total. The Morgan fingerprint density at radius 1 is 1.21 bits per heavy atom. The van der Waals surface area contributed by atoms with E-state index in [1.807, 2.05) is 0 Å². The molecule has 0 saturated carbocycles. The van der Waals surface area contributed by atoms with Crippen LogP contribution in [-0.4, -0.2) is 13.2 Å². The van der Waals surface area contributed by atoms with Crippen molar-refractivity contribution >= 4 is 0 Å². The van der Waals surface area contributed by atoms with Gasteiger partial charge in [-0.25, -0.2) is 0 Å². The Morgan fingerprint density at radius 3 is 2.36 bits per heavy atom. The fourth-order valence-electron chi connectivity index (χ4n) is 1.18. The Morgan fingerprint density at radius 2 is 1.86 bits per heavy atom. The van der Waals surface area contributed by atoms with Gasteiger partial charge in [0.15, 0.2) is 0 Å². The molecule has 0 aromatic rings. The molecular weight excluding hydrogens is 172 g/mol. The van der Waals surface area contributed by atoms with Crippen LogP contribution in [0.3, 0.4) is 0 Å². The molecule has 0 rings (SSSR count). The molecule has 0 unspecified atom stereocenters. The summed E-state index contributed by atoms with van der Waals surface area (Å²) in [5, 5.41) is 0. The molecule has 0 bridgehead atoms. The van der Waals surface area contributed by atoms with Crippen molar-refractivity contribution in [2.45, 2.75) is 47.5 Å². The normalized spacial score (nSPS) is 13.0. The number of ether oxygens (including phenoxy) is 1. The molecule has 0 aromatic heterocycles. The second kappa shape index (κ2) is 7.05. The van der Waals surface area contributed by atoms with Crippen LogP contribution in [0, 0.1) is 11.3 Å². The van der Waals surface area contributed by atoms with E-state index < -0.39 is 0 Å². The van der Waals surface area contributed by atoms with Crippen molar-refractivity contribution < 1.29 is 4.74 Å². The zero-order valence-electron chi connectivity index (χ0n) is 10.5. The minimum atomic E-state index is 0.442. The Bertz CT molecular complexity index is 151. The average molecular weight is 198 g/mol. The van der Waals surface area contributed by atoms with Crippen LogP contribution >= 0.6 is 0 Å². The molecule has 1 heteroatoms. The first-order valence-electron chi connectivity index (χ1n) is 5.66. The van der Waals surface area contributed by atoms with E-state index in [-0.39, 0.29) is 0 Å². The van der Waals surface area contributed by atoms with Crippen molar-refractivity contribution in [3.05, 3.63) is 12.2 Å². The molecule has 0 aliphatic rings. The summed E-state index contributed by atoms with van der Waals surface area (Å²) in [7, 11) is 0. The summed E-state index contributed by atoms with van der Waals surface area (Å²) in [5.41, 5.74) is 0.442. The molecule has 0 spiro atoms. The standard InChI is InChI=1S/C13H26O/c1-12(2)8-6-10-14-11-7-9-13(3,4)5/h6,8,12H,7,9-11H2,1-5H3/b8-6-. The molecular formula is C13H26O. The van der Waals surface area contributed by atoms with Crippen LogP contribution in [-0.2, 0) is 4.74 Å². The van der Waals surface area contributed by atoms with Gasteiger partial charge in [-0.15, -0.1) is 0 Å². The van der Waals surface area contributed by atoms with Crippen molar-refractivity contribution in [3.8, 4) is 0 Å². The third kappa shape index (κ3) is 11.7. The highest BCUT2D eigenvalue weighted by Gasteiger charge is 2.08. The summed E-state index contributed by atoms with van der Waals surface area (Å²) in [6.45, 7) is 12.8. The SMILES string of the molecule is CC(C)/C=C\COCCCC(C)(C)C. The van der Waals surface area contributed by atoms with Crippen molar-refractivity contribution in [1.29, 1.82) is 0 Å². The molecule has 0 radical (unpaired) electrons. The first-order valence-corrected chi connectivity index (χ1v) is 5.66. The lowest BCUT2D eigenvalue weighted by Gasteiger charge is -2.17. The number of allylic oxidation sites excluding steroid dienone is 1. The summed E-state index contributed by atoms with van der Waals surface area (Å²) in [6.07, 6.45) is 6.70. The van der Waals surface area contributed by atoms with Gasteiger partial charge in [-0.05, 0) is 24.2 Å². The average Bonchev–Trinajstić information content (AvgIpc) is 2.00. The van der Waals surface area contributed by atoms with Crippen LogP contribution in [0.15, 0.2) is 12.2 Å². The van der Waals surface area contributed by atoms with Gasteiger partial charge in [-0.3, -0.25) is 0 Å². The number of hydrogen-bond acceptors (Lipinski definition) is 1. The molecule has 84 valence electrons. The summed E-state index contributed by atoms with van der Waals surface area (Å²) < 4.78 is 5.49. The minimum Gasteiger partial charge on any atom is -0.377 e. The van der Waals surface area contributed by atoms with Gasteiger partial charge in [0, 0.05) is 6.61 Å². The van der Waals surface area contributed by atoms with Gasteiger partial charge in [0.05, 0.1) is 6.61 Å². The van der Waals surface area contributed by atoms with Crippen molar-refractivity contribution in [3.63, 3.8) is 0 Å². The second-order valence-corrected chi connectivity index (χ2v) is 5.41. The summed E-state index contributed by atoms with van der Waals surface area (Å²) in [6, 6.07) is 0. The highest BCUT2D eigenvalue weighted by molar-refractivity contribution is 4.84. The highest BCUT2D eigenvalue weighted by atomic mass is 16.5. The maximum atomic E-state index is 5.49. The Hall–Kier alpha value is -0.300. The van der Waals surface area contributed by atoms with Crippen LogP contribution in [0.4, 0.5) is 0 Å². The van der Waals surface area contributed by atoms with Crippen molar-refractivity contribution in [2.75, 3.05) is 13.2 Å². The number of rotatable bonds is 6. The van der Waals surface area contributed by atoms with Gasteiger partial charge in [-0.1, -0.05) is 46.8 Å². The van der Waals surface area contributed by atoms with Crippen LogP contribution in [0.2, 0.25) is 0 Å². The molecule has 0 heterocycles. The van der Waals surface area contributed by atoms with E-state index in [4.69, 9.17) is 4.74 Å². The first kappa shape index (κ1) is 13.7. The molecule has 0 saturated heterocycles. The van der Waals surface area contributed by atoms with Gasteiger partial charge in [0.25, 0.3) is 0 Å². The largest absolute Gasteiger partial charge is 0.377 e. The van der Waals surface area contributed by atoms with E-state index in [1.165, 1.54) is 12.8 Å². The van der Waals surface area contributed by atoms with Crippen LogP contribution in [0.5, 0.6) is 0 Å². The highest BCUT2D eigenvalue weighted by Crippen LogP contribution is 2.20. The number of hydrogen-bond donors (Lipinski definition) is 0. The van der Waals surface area contributed by atoms with Gasteiger partial charge in [-0.2, -0.15) is 0 Å². The zero-order valence-corrected chi connectivity index (χ0v) is 10.5. The van der Waals surface area contributed by atoms with Gasteiger partial charge < -0.3 is 4.74 Å². The van der Waals surface area contributed by atoms with Crippen molar-refractivity contribution in [2.24, 2.45) is 11.3 Å². The van der Waals surface area contributed by atoms with E-state index in [9.17, 15) is 0 Å². The Kier molecular flexibility index (Phi) is 6.90. The lowest BCUT2D eigenvalue weighted by atomic mass is 9.91. The molecule has 14 heavy (non-hydrogen) atoms. The molecule has 0 atom stereocenters. The summed E-state index contributed by atoms with van der Waals surface area (Å²) in [5.74, 6) is 0.633. The Balaban J connectivity index is 3.23. The lowest BCUT2D eigenvalue weighted by molar-refractivity contribution is 0.147. The third-order valence-electron chi connectivity index (χ3n) is 1.95. The van der Waals surface area contributed by atoms with E-state index in [0.29, 0.717) is 11.3 Å². The predicted molar refractivity (Wildman–Crippen MR) is 63.5 cm³/mol. The van der Waals surface area contributed by atoms with Gasteiger partial charge in [0.1, 0.15) is 0 Å².